The maximum absolute atomic E-state index is 5.42. The molecule has 0 N–H and O–H groups in total. The molecule has 5 nitrogen and oxygen atoms in total. The van der Waals surface area contributed by atoms with Gasteiger partial charge in [0.15, 0.2) is 36.7 Å². The summed E-state index contributed by atoms with van der Waals surface area (Å²) in [5.74, 6) is 3.75. The zero-order valence-electron chi connectivity index (χ0n) is 17.5. The first kappa shape index (κ1) is 25.4. The normalized spacial score (nSPS) is 9.56. The van der Waals surface area contributed by atoms with Crippen molar-refractivity contribution in [3.63, 3.8) is 0 Å². The standard InChI is InChI=1S/C20H26O5.CH3.Na/c1-7-14-10-18(22-3)19(23-4)11-15(14)13-25(6)16-8-9-17(21-2)20(12-16)24-5;;/h8-12H,1,7,13H2,2-6H3;1H3;/q;-1;+1. The zero-order valence-corrected chi connectivity index (χ0v) is 19.5. The second kappa shape index (κ2) is 12.0. The molecule has 0 unspecified atom stereocenters. The zero-order chi connectivity index (χ0) is 18.4. The Morgan fingerprint density at radius 1 is 0.778 bits per heavy atom. The Labute approximate surface area is 185 Å². The minimum absolute atomic E-state index is 0. The summed E-state index contributed by atoms with van der Waals surface area (Å²) >= 11 is 0. The van der Waals surface area contributed by atoms with E-state index in [1.165, 1.54) is 0 Å². The van der Waals surface area contributed by atoms with E-state index >= 15 is 0 Å². The van der Waals surface area contributed by atoms with Crippen LogP contribution in [0.2, 0.25) is 0 Å². The SMILES string of the molecule is [CH2-]Cc1cc(OC)c(OC)cc1C[O+](C)c1ccc(OC)c(OC)c1.[CH3-].[Na+]. The van der Waals surface area contributed by atoms with Crippen molar-refractivity contribution >= 4 is 0 Å². The molecule has 27 heavy (non-hydrogen) atoms. The summed E-state index contributed by atoms with van der Waals surface area (Å²) in [7, 11) is 8.47. The van der Waals surface area contributed by atoms with Crippen LogP contribution in [0.5, 0.6) is 28.7 Å². The number of hydrogen-bond donors (Lipinski definition) is 0. The summed E-state index contributed by atoms with van der Waals surface area (Å²) in [6, 6.07) is 9.74. The Bertz CT molecular complexity index is 718. The van der Waals surface area contributed by atoms with E-state index in [4.69, 9.17) is 18.9 Å². The van der Waals surface area contributed by atoms with Crippen LogP contribution >= 0.6 is 0 Å². The molecule has 144 valence electrons. The number of benzene rings is 2. The van der Waals surface area contributed by atoms with Gasteiger partial charge in [-0.2, -0.15) is 6.42 Å². The predicted octanol–water partition coefficient (Wildman–Crippen LogP) is 1.65. The molecule has 2 rings (SSSR count). The molecule has 0 heterocycles. The minimum Gasteiger partial charge on any atom is -0.571 e. The molecule has 0 aliphatic carbocycles. The molecule has 2 aromatic carbocycles. The molecule has 0 atom stereocenters. The van der Waals surface area contributed by atoms with Crippen LogP contribution in [0.15, 0.2) is 30.3 Å². The van der Waals surface area contributed by atoms with Crippen molar-refractivity contribution in [2.45, 2.75) is 13.0 Å². The molecular formula is C21H29NaO5. The molecular weight excluding hydrogens is 355 g/mol. The molecule has 0 fully saturated rings. The van der Waals surface area contributed by atoms with E-state index in [9.17, 15) is 0 Å². The molecule has 6 heteroatoms. The summed E-state index contributed by atoms with van der Waals surface area (Å²) in [6.45, 7) is 4.64. The van der Waals surface area contributed by atoms with Gasteiger partial charge in [-0.15, -0.1) is 0 Å². The Morgan fingerprint density at radius 3 is 1.74 bits per heavy atom. The van der Waals surface area contributed by atoms with Gasteiger partial charge in [0.25, 0.3) is 5.75 Å². The molecule has 2 aromatic rings. The summed E-state index contributed by atoms with van der Waals surface area (Å²) in [5.41, 5.74) is 2.22. The van der Waals surface area contributed by atoms with Crippen LogP contribution in [0, 0.1) is 14.4 Å². The second-order valence-corrected chi connectivity index (χ2v) is 5.52. The van der Waals surface area contributed by atoms with Gasteiger partial charge in [-0.1, -0.05) is 5.56 Å². The van der Waals surface area contributed by atoms with Gasteiger partial charge in [-0.25, -0.2) is 0 Å². The van der Waals surface area contributed by atoms with Crippen LogP contribution in [0.1, 0.15) is 11.1 Å². The van der Waals surface area contributed by atoms with Crippen LogP contribution in [0.4, 0.5) is 0 Å². The van der Waals surface area contributed by atoms with Crippen LogP contribution in [0.25, 0.3) is 0 Å². The maximum Gasteiger partial charge on any atom is 1.00 e. The summed E-state index contributed by atoms with van der Waals surface area (Å²) in [5, 5.41) is 0. The van der Waals surface area contributed by atoms with Crippen molar-refractivity contribution in [3.05, 3.63) is 55.8 Å². The van der Waals surface area contributed by atoms with Crippen molar-refractivity contribution in [2.75, 3.05) is 35.5 Å². The average Bonchev–Trinajstić information content (AvgIpc) is 2.66. The van der Waals surface area contributed by atoms with Crippen LogP contribution in [-0.2, 0) is 17.4 Å². The molecule has 0 radical (unpaired) electrons. The van der Waals surface area contributed by atoms with Gasteiger partial charge < -0.3 is 37.7 Å². The van der Waals surface area contributed by atoms with Crippen molar-refractivity contribution < 1.29 is 52.9 Å². The van der Waals surface area contributed by atoms with Crippen LogP contribution in [0.3, 0.4) is 0 Å². The molecule has 0 spiro atoms. The molecule has 0 aliphatic rings. The van der Waals surface area contributed by atoms with Crippen molar-refractivity contribution in [1.29, 1.82) is 0 Å². The number of hydrogen-bond acceptors (Lipinski definition) is 4. The van der Waals surface area contributed by atoms with Gasteiger partial charge in [0, 0.05) is 11.6 Å². The Morgan fingerprint density at radius 2 is 1.26 bits per heavy atom. The molecule has 0 amide bonds. The third-order valence-electron chi connectivity index (χ3n) is 4.10. The van der Waals surface area contributed by atoms with Gasteiger partial charge in [0.1, 0.15) is 0 Å². The fraction of sp³-hybridized carbons (Fsp3) is 0.333. The molecule has 0 aliphatic heterocycles. The number of methoxy groups -OCH3 is 4. The largest absolute Gasteiger partial charge is 1.00 e. The Balaban J connectivity index is 0.00000338. The fourth-order valence-corrected chi connectivity index (χ4v) is 2.68. The first-order valence-corrected chi connectivity index (χ1v) is 7.95. The monoisotopic (exact) mass is 384 g/mol. The van der Waals surface area contributed by atoms with E-state index < -0.39 is 0 Å². The summed E-state index contributed by atoms with van der Waals surface area (Å²) < 4.78 is 24.5. The van der Waals surface area contributed by atoms with Gasteiger partial charge in [0.05, 0.1) is 34.5 Å². The third kappa shape index (κ3) is 5.96. The van der Waals surface area contributed by atoms with E-state index in [0.717, 1.165) is 16.9 Å². The third-order valence-corrected chi connectivity index (χ3v) is 4.10. The van der Waals surface area contributed by atoms with Gasteiger partial charge in [-0.05, 0) is 18.2 Å². The predicted molar refractivity (Wildman–Crippen MR) is 105 cm³/mol. The second-order valence-electron chi connectivity index (χ2n) is 5.52. The minimum atomic E-state index is 0. The maximum atomic E-state index is 5.42. The van der Waals surface area contributed by atoms with Gasteiger partial charge >= 0.3 is 29.6 Å². The van der Waals surface area contributed by atoms with E-state index in [-0.39, 0.29) is 37.0 Å². The average molecular weight is 384 g/mol. The first-order chi connectivity index (χ1) is 12.1. The van der Waals surface area contributed by atoms with E-state index in [0.29, 0.717) is 36.0 Å². The Kier molecular flexibility index (Phi) is 11.3. The Hall–Kier alpha value is -1.56. The van der Waals surface area contributed by atoms with E-state index in [1.807, 2.05) is 37.4 Å². The van der Waals surface area contributed by atoms with Crippen molar-refractivity contribution in [2.24, 2.45) is 0 Å². The molecule has 0 aromatic heterocycles. The van der Waals surface area contributed by atoms with Crippen LogP contribution in [-0.4, -0.2) is 35.5 Å². The van der Waals surface area contributed by atoms with Gasteiger partial charge in [-0.3, -0.25) is 0 Å². The topological polar surface area (TPSA) is 39.6 Å². The summed E-state index contributed by atoms with van der Waals surface area (Å²) in [6.07, 6.45) is 0.663. The molecule has 0 bridgehead atoms. The molecule has 0 saturated heterocycles. The summed E-state index contributed by atoms with van der Waals surface area (Å²) in [4.78, 5) is 0. The number of rotatable bonds is 8. The van der Waals surface area contributed by atoms with E-state index in [1.54, 1.807) is 28.4 Å². The quantitative estimate of drug-likeness (QED) is 0.394. The first-order valence-electron chi connectivity index (χ1n) is 7.95. The van der Waals surface area contributed by atoms with Crippen molar-refractivity contribution in [3.8, 4) is 28.7 Å². The molecule has 0 saturated carbocycles. The number of ether oxygens (including phenoxy) is 4. The smallest absolute Gasteiger partial charge is 0.571 e. The van der Waals surface area contributed by atoms with Crippen LogP contribution < -0.4 is 48.5 Å². The van der Waals surface area contributed by atoms with Crippen molar-refractivity contribution in [1.82, 2.24) is 0 Å². The fourth-order valence-electron chi connectivity index (χ4n) is 2.68. The van der Waals surface area contributed by atoms with Gasteiger partial charge in [0.2, 0.25) is 0 Å². The van der Waals surface area contributed by atoms with E-state index in [2.05, 4.69) is 11.3 Å².